The van der Waals surface area contributed by atoms with Gasteiger partial charge in [-0.05, 0) is 23.8 Å². The number of carbonyl (C=O) groups is 1. The molecule has 2 rings (SSSR count). The summed E-state index contributed by atoms with van der Waals surface area (Å²) in [6.07, 6.45) is 0.546. The van der Waals surface area contributed by atoms with Crippen LogP contribution >= 0.6 is 23.4 Å². The quantitative estimate of drug-likeness (QED) is 0.602. The predicted molar refractivity (Wildman–Crippen MR) is 72.8 cm³/mol. The van der Waals surface area contributed by atoms with E-state index in [1.165, 1.54) is 17.8 Å². The second kappa shape index (κ2) is 6.03. The zero-order chi connectivity index (χ0) is 13.0. The van der Waals surface area contributed by atoms with Gasteiger partial charge in [0.25, 0.3) is 0 Å². The summed E-state index contributed by atoms with van der Waals surface area (Å²) in [4.78, 5) is 11.5. The first-order valence-electron chi connectivity index (χ1n) is 5.32. The third kappa shape index (κ3) is 2.92. The van der Waals surface area contributed by atoms with Gasteiger partial charge >= 0.3 is 0 Å². The van der Waals surface area contributed by atoms with E-state index in [4.69, 9.17) is 11.6 Å². The third-order valence-corrected chi connectivity index (χ3v) is 3.96. The minimum atomic E-state index is -0.492. The van der Waals surface area contributed by atoms with Gasteiger partial charge in [0, 0.05) is 15.7 Å². The molecule has 0 aromatic heterocycles. The normalized spacial score (nSPS) is 10.3. The van der Waals surface area contributed by atoms with Gasteiger partial charge in [0.1, 0.15) is 5.82 Å². The first-order chi connectivity index (χ1) is 8.72. The van der Waals surface area contributed by atoms with E-state index >= 15 is 0 Å². The Kier molecular flexibility index (Phi) is 4.39. The molecule has 92 valence electrons. The number of hydrogen-bond acceptors (Lipinski definition) is 2. The maximum atomic E-state index is 13.4. The van der Waals surface area contributed by atoms with Gasteiger partial charge in [-0.1, -0.05) is 35.9 Å². The lowest BCUT2D eigenvalue weighted by atomic mass is 10.2. The Morgan fingerprint density at radius 1 is 1.17 bits per heavy atom. The number of halogens is 2. The molecule has 2 aromatic carbocycles. The molecular weight excluding hydrogens is 271 g/mol. The van der Waals surface area contributed by atoms with Crippen molar-refractivity contribution in [1.29, 1.82) is 0 Å². The molecule has 0 radical (unpaired) electrons. The average molecular weight is 281 g/mol. The van der Waals surface area contributed by atoms with Crippen molar-refractivity contribution in [3.8, 4) is 0 Å². The van der Waals surface area contributed by atoms with Crippen LogP contribution in [0.5, 0.6) is 0 Å². The Bertz CT molecular complexity index is 571. The van der Waals surface area contributed by atoms with Crippen LogP contribution in [0.2, 0.25) is 5.02 Å². The van der Waals surface area contributed by atoms with Crippen LogP contribution in [0.25, 0.3) is 0 Å². The fraction of sp³-hybridized carbons (Fsp3) is 0.0714. The maximum absolute atomic E-state index is 13.4. The summed E-state index contributed by atoms with van der Waals surface area (Å²) in [7, 11) is 0. The number of hydrogen-bond donors (Lipinski definition) is 0. The lowest BCUT2D eigenvalue weighted by Crippen LogP contribution is -1.91. The summed E-state index contributed by atoms with van der Waals surface area (Å²) in [5.41, 5.74) is 1.07. The lowest BCUT2D eigenvalue weighted by molar-refractivity contribution is 0.111. The summed E-state index contributed by atoms with van der Waals surface area (Å²) < 4.78 is 13.4. The Morgan fingerprint density at radius 2 is 1.94 bits per heavy atom. The molecule has 1 nitrogen and oxygen atoms in total. The minimum Gasteiger partial charge on any atom is -0.298 e. The third-order valence-electron chi connectivity index (χ3n) is 2.47. The highest BCUT2D eigenvalue weighted by molar-refractivity contribution is 7.98. The van der Waals surface area contributed by atoms with Gasteiger partial charge in [-0.3, -0.25) is 4.79 Å². The van der Waals surface area contributed by atoms with Gasteiger partial charge < -0.3 is 0 Å². The van der Waals surface area contributed by atoms with E-state index in [1.807, 2.05) is 24.3 Å². The van der Waals surface area contributed by atoms with Crippen LogP contribution in [0.3, 0.4) is 0 Å². The average Bonchev–Trinajstić information content (AvgIpc) is 2.38. The molecule has 0 saturated heterocycles. The smallest absolute Gasteiger partial charge is 0.154 e. The van der Waals surface area contributed by atoms with Crippen LogP contribution < -0.4 is 0 Å². The SMILES string of the molecule is O=Cc1c(F)cccc1SCc1ccccc1Cl. The van der Waals surface area contributed by atoms with Crippen molar-refractivity contribution in [2.45, 2.75) is 10.6 Å². The molecule has 0 amide bonds. The number of carbonyl (C=O) groups excluding carboxylic acids is 1. The van der Waals surface area contributed by atoms with E-state index in [2.05, 4.69) is 0 Å². The molecule has 0 heterocycles. The minimum absolute atomic E-state index is 0.106. The van der Waals surface area contributed by atoms with Crippen molar-refractivity contribution in [1.82, 2.24) is 0 Å². The van der Waals surface area contributed by atoms with Crippen LogP contribution in [0.4, 0.5) is 4.39 Å². The van der Waals surface area contributed by atoms with E-state index < -0.39 is 5.82 Å². The lowest BCUT2D eigenvalue weighted by Gasteiger charge is -2.06. The van der Waals surface area contributed by atoms with E-state index in [0.717, 1.165) is 5.56 Å². The molecule has 0 N–H and O–H groups in total. The van der Waals surface area contributed by atoms with Gasteiger partial charge in [-0.25, -0.2) is 4.39 Å². The highest BCUT2D eigenvalue weighted by Gasteiger charge is 2.08. The number of benzene rings is 2. The van der Waals surface area contributed by atoms with Crippen molar-refractivity contribution in [3.63, 3.8) is 0 Å². The van der Waals surface area contributed by atoms with E-state index in [1.54, 1.807) is 12.1 Å². The molecule has 2 aromatic rings. The van der Waals surface area contributed by atoms with Crippen LogP contribution in [-0.2, 0) is 5.75 Å². The van der Waals surface area contributed by atoms with Gasteiger partial charge in [-0.2, -0.15) is 0 Å². The van der Waals surface area contributed by atoms with E-state index in [-0.39, 0.29) is 5.56 Å². The summed E-state index contributed by atoms with van der Waals surface area (Å²) in [6, 6.07) is 12.1. The van der Waals surface area contributed by atoms with Crippen molar-refractivity contribution in [3.05, 3.63) is 64.4 Å². The Morgan fingerprint density at radius 3 is 2.67 bits per heavy atom. The van der Waals surface area contributed by atoms with Crippen molar-refractivity contribution < 1.29 is 9.18 Å². The number of thioether (sulfide) groups is 1. The first-order valence-corrected chi connectivity index (χ1v) is 6.68. The Labute approximate surface area is 114 Å². The molecule has 0 unspecified atom stereocenters. The zero-order valence-corrected chi connectivity index (χ0v) is 11.0. The van der Waals surface area contributed by atoms with Gasteiger partial charge in [0.05, 0.1) is 5.56 Å². The molecule has 0 fully saturated rings. The van der Waals surface area contributed by atoms with Crippen LogP contribution in [-0.4, -0.2) is 6.29 Å². The van der Waals surface area contributed by atoms with E-state index in [9.17, 15) is 9.18 Å². The van der Waals surface area contributed by atoms with Crippen LogP contribution in [0.15, 0.2) is 47.4 Å². The topological polar surface area (TPSA) is 17.1 Å². The molecule has 0 bridgehead atoms. The van der Waals surface area contributed by atoms with Crippen LogP contribution in [0, 0.1) is 5.82 Å². The molecule has 0 atom stereocenters. The molecule has 0 aliphatic carbocycles. The first kappa shape index (κ1) is 13.1. The summed E-state index contributed by atoms with van der Waals surface area (Å²) in [5.74, 6) is 0.110. The largest absolute Gasteiger partial charge is 0.298 e. The molecule has 18 heavy (non-hydrogen) atoms. The monoisotopic (exact) mass is 280 g/mol. The summed E-state index contributed by atoms with van der Waals surface area (Å²) >= 11 is 7.44. The number of rotatable bonds is 4. The maximum Gasteiger partial charge on any atom is 0.154 e. The molecule has 0 aliphatic rings. The standard InChI is InChI=1S/C14H10ClFOS/c15-12-5-2-1-4-10(12)9-18-14-7-3-6-13(16)11(14)8-17/h1-8H,9H2. The predicted octanol–water partition coefficient (Wildman–Crippen LogP) is 4.58. The second-order valence-electron chi connectivity index (χ2n) is 3.65. The zero-order valence-electron chi connectivity index (χ0n) is 9.40. The van der Waals surface area contributed by atoms with Gasteiger partial charge in [-0.15, -0.1) is 11.8 Å². The highest BCUT2D eigenvalue weighted by atomic mass is 35.5. The van der Waals surface area contributed by atoms with Crippen molar-refractivity contribution in [2.75, 3.05) is 0 Å². The number of aldehydes is 1. The van der Waals surface area contributed by atoms with Gasteiger partial charge in [0.2, 0.25) is 0 Å². The fourth-order valence-electron chi connectivity index (χ4n) is 1.53. The summed E-state index contributed by atoms with van der Waals surface area (Å²) in [6.45, 7) is 0. The Hall–Kier alpha value is -1.32. The molecule has 0 spiro atoms. The van der Waals surface area contributed by atoms with Gasteiger partial charge in [0.15, 0.2) is 6.29 Å². The van der Waals surface area contributed by atoms with E-state index in [0.29, 0.717) is 22.0 Å². The summed E-state index contributed by atoms with van der Waals surface area (Å²) in [5, 5.41) is 0.675. The molecule has 4 heteroatoms. The van der Waals surface area contributed by atoms with Crippen molar-refractivity contribution >= 4 is 29.6 Å². The highest BCUT2D eigenvalue weighted by Crippen LogP contribution is 2.29. The van der Waals surface area contributed by atoms with Crippen LogP contribution in [0.1, 0.15) is 15.9 Å². The van der Waals surface area contributed by atoms with Crippen molar-refractivity contribution in [2.24, 2.45) is 0 Å². The second-order valence-corrected chi connectivity index (χ2v) is 5.07. The Balaban J connectivity index is 2.18. The molecule has 0 saturated carbocycles. The molecule has 0 aliphatic heterocycles. The fourth-order valence-corrected chi connectivity index (χ4v) is 2.85. The molecular formula is C14H10ClFOS.